The van der Waals surface area contributed by atoms with Gasteiger partial charge in [-0.15, -0.1) is 0 Å². The summed E-state index contributed by atoms with van der Waals surface area (Å²) in [5.74, 6) is 0.999. The molecule has 1 heterocycles. The van der Waals surface area contributed by atoms with Crippen LogP contribution in [0.5, 0.6) is 0 Å². The van der Waals surface area contributed by atoms with Crippen molar-refractivity contribution in [3.63, 3.8) is 0 Å². The predicted octanol–water partition coefficient (Wildman–Crippen LogP) is 15.2. The van der Waals surface area contributed by atoms with Crippen LogP contribution in [0, 0.1) is 0 Å². The van der Waals surface area contributed by atoms with Gasteiger partial charge in [0.2, 0.25) is 0 Å². The van der Waals surface area contributed by atoms with Crippen molar-refractivity contribution in [3.05, 3.63) is 247 Å². The third-order valence-corrected chi connectivity index (χ3v) is 12.4. The number of hydrogen-bond donors (Lipinski definition) is 0. The van der Waals surface area contributed by atoms with Gasteiger partial charge in [0, 0.05) is 28.0 Å². The van der Waals surface area contributed by atoms with E-state index in [0.29, 0.717) is 0 Å². The predicted molar refractivity (Wildman–Crippen MR) is 244 cm³/mol. The van der Waals surface area contributed by atoms with E-state index in [1.807, 2.05) is 0 Å². The summed E-state index contributed by atoms with van der Waals surface area (Å²) in [5.41, 5.74) is 19.3. The molecule has 2 heteroatoms. The van der Waals surface area contributed by atoms with Gasteiger partial charge in [0.05, 0.1) is 0 Å². The van der Waals surface area contributed by atoms with Gasteiger partial charge in [0.15, 0.2) is 0 Å². The van der Waals surface area contributed by atoms with Crippen LogP contribution >= 0.6 is 0 Å². The molecule has 2 aliphatic rings. The zero-order valence-corrected chi connectivity index (χ0v) is 32.2. The van der Waals surface area contributed by atoms with Gasteiger partial charge in [-0.1, -0.05) is 176 Å². The van der Waals surface area contributed by atoms with E-state index in [9.17, 15) is 0 Å². The zero-order chi connectivity index (χ0) is 38.9. The smallest absolute Gasteiger partial charge is 0.135 e. The van der Waals surface area contributed by atoms with Crippen LogP contribution in [-0.2, 0) is 5.41 Å². The summed E-state index contributed by atoms with van der Waals surface area (Å²) >= 11 is 0. The largest absolute Gasteiger partial charge is 0.459 e. The number of fused-ring (bicyclic) bond motifs is 12. The van der Waals surface area contributed by atoms with Crippen molar-refractivity contribution >= 4 is 28.0 Å². The van der Waals surface area contributed by atoms with Crippen LogP contribution in [0.3, 0.4) is 0 Å². The lowest BCUT2D eigenvalue weighted by atomic mass is 9.73. The summed E-state index contributed by atoms with van der Waals surface area (Å²) < 4.78 is 7.09. The lowest BCUT2D eigenvalue weighted by Crippen LogP contribution is -2.25. The number of furan rings is 1. The van der Waals surface area contributed by atoms with Crippen molar-refractivity contribution in [2.75, 3.05) is 4.90 Å². The number of hydrogen-bond acceptors (Lipinski definition) is 2. The fourth-order valence-electron chi connectivity index (χ4n) is 9.89. The molecule has 0 saturated heterocycles. The van der Waals surface area contributed by atoms with E-state index in [-0.39, 0.29) is 0 Å². The molecule has 0 radical (unpaired) electrons. The highest BCUT2D eigenvalue weighted by Crippen LogP contribution is 2.65. The van der Waals surface area contributed by atoms with E-state index >= 15 is 0 Å². The van der Waals surface area contributed by atoms with E-state index in [1.54, 1.807) is 0 Å². The fourth-order valence-corrected chi connectivity index (χ4v) is 9.89. The molecule has 2 aliphatic carbocycles. The van der Waals surface area contributed by atoms with E-state index in [4.69, 9.17) is 4.42 Å². The van der Waals surface area contributed by atoms with Crippen LogP contribution in [0.15, 0.2) is 229 Å². The summed E-state index contributed by atoms with van der Waals surface area (Å²) in [7, 11) is 0. The van der Waals surface area contributed by atoms with Crippen LogP contribution in [0.4, 0.5) is 17.1 Å². The van der Waals surface area contributed by atoms with Gasteiger partial charge in [-0.05, 0) is 115 Å². The molecule has 10 aromatic rings. The molecular weight excluding hydrogens is 715 g/mol. The van der Waals surface area contributed by atoms with Crippen molar-refractivity contribution in [1.29, 1.82) is 0 Å². The summed E-state index contributed by atoms with van der Waals surface area (Å²) in [6, 6.07) is 81.5. The highest BCUT2D eigenvalue weighted by molar-refractivity contribution is 6.05. The fraction of sp³-hybridized carbons (Fsp3) is 0.0175. The Labute approximate surface area is 343 Å². The normalized spacial score (nSPS) is 12.9. The number of nitrogens with zero attached hydrogens (tertiary/aromatic N) is 1. The maximum absolute atomic E-state index is 7.09. The molecule has 0 unspecified atom stereocenters. The van der Waals surface area contributed by atoms with E-state index in [1.165, 1.54) is 61.2 Å². The molecule has 0 saturated carbocycles. The molecule has 1 aromatic heterocycles. The quantitative estimate of drug-likeness (QED) is 0.168. The van der Waals surface area contributed by atoms with Crippen LogP contribution in [0.1, 0.15) is 22.5 Å². The van der Waals surface area contributed by atoms with E-state index in [0.717, 1.165) is 44.9 Å². The lowest BCUT2D eigenvalue weighted by Gasteiger charge is -2.30. The first-order chi connectivity index (χ1) is 29.3. The van der Waals surface area contributed by atoms with E-state index in [2.05, 4.69) is 229 Å². The van der Waals surface area contributed by atoms with Crippen molar-refractivity contribution in [3.8, 4) is 55.6 Å². The standard InChI is InChI=1S/C57H37NO/c1-4-16-38(17-5-1)41-28-30-44(31-29-41)58(46-35-42(39-18-6-2-7-19-39)34-43(36-46)40-20-8-3-9-21-40)45-32-33-53-50(37-45)55-49-24-12-15-27-54(49)59-56(55)57(53)51-25-13-10-22-47(51)48-23-11-14-26-52(48)57/h1-37H. The summed E-state index contributed by atoms with van der Waals surface area (Å²) in [5, 5.41) is 1.14. The Morgan fingerprint density at radius 1 is 0.322 bits per heavy atom. The van der Waals surface area contributed by atoms with Crippen LogP contribution < -0.4 is 4.90 Å². The summed E-state index contributed by atoms with van der Waals surface area (Å²) in [6.45, 7) is 0. The maximum atomic E-state index is 7.09. The highest BCUT2D eigenvalue weighted by Gasteiger charge is 2.55. The van der Waals surface area contributed by atoms with Gasteiger partial charge < -0.3 is 9.32 Å². The number of para-hydroxylation sites is 1. The minimum Gasteiger partial charge on any atom is -0.459 e. The Morgan fingerprint density at radius 2 is 0.797 bits per heavy atom. The Balaban J connectivity index is 1.13. The highest BCUT2D eigenvalue weighted by atomic mass is 16.3. The maximum Gasteiger partial charge on any atom is 0.135 e. The van der Waals surface area contributed by atoms with Gasteiger partial charge in [-0.25, -0.2) is 0 Å². The van der Waals surface area contributed by atoms with Gasteiger partial charge >= 0.3 is 0 Å². The first-order valence-electron chi connectivity index (χ1n) is 20.3. The van der Waals surface area contributed by atoms with Crippen molar-refractivity contribution in [1.82, 2.24) is 0 Å². The summed E-state index contributed by atoms with van der Waals surface area (Å²) in [4.78, 5) is 2.43. The lowest BCUT2D eigenvalue weighted by molar-refractivity contribution is 0.507. The third-order valence-electron chi connectivity index (χ3n) is 12.4. The average Bonchev–Trinajstić information content (AvgIpc) is 3.94. The molecule has 0 amide bonds. The first-order valence-corrected chi connectivity index (χ1v) is 20.3. The van der Waals surface area contributed by atoms with E-state index < -0.39 is 5.41 Å². The second-order valence-corrected chi connectivity index (χ2v) is 15.6. The molecule has 0 fully saturated rings. The Kier molecular flexibility index (Phi) is 7.48. The second kappa shape index (κ2) is 13.2. The molecule has 0 atom stereocenters. The molecule has 1 spiro atoms. The molecule has 0 aliphatic heterocycles. The number of rotatable bonds is 6. The molecule has 0 bridgehead atoms. The van der Waals surface area contributed by atoms with Crippen molar-refractivity contribution < 1.29 is 4.42 Å². The molecular formula is C57H37NO. The summed E-state index contributed by atoms with van der Waals surface area (Å²) in [6.07, 6.45) is 0. The monoisotopic (exact) mass is 751 g/mol. The minimum atomic E-state index is -0.578. The van der Waals surface area contributed by atoms with Crippen molar-refractivity contribution in [2.45, 2.75) is 5.41 Å². The molecule has 9 aromatic carbocycles. The first kappa shape index (κ1) is 33.5. The molecule has 12 rings (SSSR count). The molecule has 2 nitrogen and oxygen atoms in total. The number of benzene rings is 9. The average molecular weight is 752 g/mol. The topological polar surface area (TPSA) is 16.4 Å². The zero-order valence-electron chi connectivity index (χ0n) is 32.2. The van der Waals surface area contributed by atoms with Crippen LogP contribution in [-0.4, -0.2) is 0 Å². The Hall–Kier alpha value is -7.68. The van der Waals surface area contributed by atoms with Gasteiger partial charge in [-0.2, -0.15) is 0 Å². The Bertz CT molecular complexity index is 3100. The van der Waals surface area contributed by atoms with Gasteiger partial charge in [-0.3, -0.25) is 0 Å². The van der Waals surface area contributed by atoms with Gasteiger partial charge in [0.1, 0.15) is 16.8 Å². The number of anilines is 3. The molecule has 276 valence electrons. The van der Waals surface area contributed by atoms with Gasteiger partial charge in [0.25, 0.3) is 0 Å². The second-order valence-electron chi connectivity index (χ2n) is 15.6. The third kappa shape index (κ3) is 5.06. The van der Waals surface area contributed by atoms with Crippen LogP contribution in [0.25, 0.3) is 66.6 Å². The SMILES string of the molecule is c1ccc(-c2ccc(N(c3cc(-c4ccccc4)cc(-c4ccccc4)c3)c3ccc4c(c3)-c3c(oc5ccccc35)C43c4ccccc4-c4ccccc43)cc2)cc1. The van der Waals surface area contributed by atoms with Crippen molar-refractivity contribution in [2.24, 2.45) is 0 Å². The molecule has 0 N–H and O–H groups in total. The van der Waals surface area contributed by atoms with Crippen LogP contribution in [0.2, 0.25) is 0 Å². The molecule has 59 heavy (non-hydrogen) atoms. The minimum absolute atomic E-state index is 0.578. The Morgan fingerprint density at radius 3 is 1.41 bits per heavy atom.